The van der Waals surface area contributed by atoms with Crippen molar-refractivity contribution in [2.24, 2.45) is 5.73 Å². The van der Waals surface area contributed by atoms with Gasteiger partial charge in [-0.3, -0.25) is 14.4 Å². The zero-order chi connectivity index (χ0) is 20.7. The van der Waals surface area contributed by atoms with E-state index in [-0.39, 0.29) is 23.4 Å². The Morgan fingerprint density at radius 2 is 1.61 bits per heavy atom. The molecular formula is C18H17F3N4O3. The molecule has 0 unspecified atom stereocenters. The lowest BCUT2D eigenvalue weighted by molar-refractivity contribution is -0.123. The number of carbonyl (C=O) groups excluding carboxylic acids is 3. The van der Waals surface area contributed by atoms with E-state index >= 15 is 0 Å². The van der Waals surface area contributed by atoms with Crippen molar-refractivity contribution >= 4 is 29.1 Å². The number of anilines is 2. The van der Waals surface area contributed by atoms with E-state index in [9.17, 15) is 27.6 Å². The number of nitrogens with two attached hydrogens (primary N) is 1. The molecule has 2 aromatic carbocycles. The van der Waals surface area contributed by atoms with Crippen molar-refractivity contribution in [1.29, 1.82) is 0 Å². The average Bonchev–Trinajstić information content (AvgIpc) is 2.64. The number of benzene rings is 2. The van der Waals surface area contributed by atoms with E-state index in [4.69, 9.17) is 5.73 Å². The fraction of sp³-hybridized carbons (Fsp3) is 0.167. The molecule has 0 aliphatic rings. The molecule has 5 N–H and O–H groups in total. The van der Waals surface area contributed by atoms with Crippen molar-refractivity contribution in [2.45, 2.75) is 6.18 Å². The van der Waals surface area contributed by atoms with E-state index in [0.717, 1.165) is 0 Å². The van der Waals surface area contributed by atoms with Crippen LogP contribution in [0, 0.1) is 0 Å². The number of rotatable bonds is 7. The van der Waals surface area contributed by atoms with Crippen molar-refractivity contribution in [3.05, 3.63) is 59.7 Å². The summed E-state index contributed by atoms with van der Waals surface area (Å²) < 4.78 is 36.8. The van der Waals surface area contributed by atoms with Crippen molar-refractivity contribution in [2.75, 3.05) is 23.7 Å². The lowest BCUT2D eigenvalue weighted by Gasteiger charge is -2.13. The van der Waals surface area contributed by atoms with Crippen molar-refractivity contribution in [3.63, 3.8) is 0 Å². The summed E-state index contributed by atoms with van der Waals surface area (Å²) in [6, 6.07) is 11.8. The number of nitrogens with one attached hydrogen (secondary N) is 3. The average molecular weight is 394 g/mol. The van der Waals surface area contributed by atoms with Crippen molar-refractivity contribution in [3.8, 4) is 0 Å². The molecule has 7 nitrogen and oxygen atoms in total. The topological polar surface area (TPSA) is 113 Å². The quantitative estimate of drug-likeness (QED) is 0.576. The summed E-state index contributed by atoms with van der Waals surface area (Å²) in [6.45, 7) is -1.69. The fourth-order valence-corrected chi connectivity index (χ4v) is 2.21. The monoisotopic (exact) mass is 394 g/mol. The van der Waals surface area contributed by atoms with E-state index < -0.39 is 30.4 Å². The molecule has 0 aliphatic carbocycles. The number of halogens is 3. The van der Waals surface area contributed by atoms with E-state index in [2.05, 4.69) is 10.6 Å². The second-order valence-corrected chi connectivity index (χ2v) is 5.69. The van der Waals surface area contributed by atoms with Crippen LogP contribution in [0.3, 0.4) is 0 Å². The van der Waals surface area contributed by atoms with Gasteiger partial charge in [0.15, 0.2) is 0 Å². The Bertz CT molecular complexity index is 867. The molecular weight excluding hydrogens is 377 g/mol. The van der Waals surface area contributed by atoms with Gasteiger partial charge in [0.25, 0.3) is 5.91 Å². The Kier molecular flexibility index (Phi) is 6.59. The van der Waals surface area contributed by atoms with Gasteiger partial charge in [0.2, 0.25) is 11.8 Å². The Balaban J connectivity index is 1.95. The van der Waals surface area contributed by atoms with Crippen LogP contribution in [0.5, 0.6) is 0 Å². The first-order chi connectivity index (χ1) is 13.2. The number of carbonyl (C=O) groups is 3. The van der Waals surface area contributed by atoms with Gasteiger partial charge in [-0.2, -0.15) is 13.2 Å². The highest BCUT2D eigenvalue weighted by molar-refractivity contribution is 6.01. The summed E-state index contributed by atoms with van der Waals surface area (Å²) in [5, 5.41) is 7.06. The fourth-order valence-electron chi connectivity index (χ4n) is 2.21. The zero-order valence-electron chi connectivity index (χ0n) is 14.5. The number of alkyl halides is 3. The maximum atomic E-state index is 12.3. The lowest BCUT2D eigenvalue weighted by atomic mass is 10.1. The molecule has 0 spiro atoms. The minimum atomic E-state index is -4.53. The van der Waals surface area contributed by atoms with E-state index in [0.29, 0.717) is 5.69 Å². The number of para-hydroxylation sites is 1. The van der Waals surface area contributed by atoms with Crippen LogP contribution < -0.4 is 21.7 Å². The van der Waals surface area contributed by atoms with Gasteiger partial charge in [-0.15, -0.1) is 0 Å². The first-order valence-corrected chi connectivity index (χ1v) is 8.03. The van der Waals surface area contributed by atoms with Crippen molar-refractivity contribution in [1.82, 2.24) is 5.32 Å². The molecule has 0 saturated carbocycles. The number of hydrogen-bond donors (Lipinski definition) is 4. The first kappa shape index (κ1) is 20.7. The predicted octanol–water partition coefficient (Wildman–Crippen LogP) is 2.13. The highest BCUT2D eigenvalue weighted by atomic mass is 19.4. The van der Waals surface area contributed by atoms with Crippen LogP contribution in [0.2, 0.25) is 0 Å². The summed E-state index contributed by atoms with van der Waals surface area (Å²) in [5.41, 5.74) is 6.03. The van der Waals surface area contributed by atoms with Gasteiger partial charge in [0.05, 0.1) is 12.1 Å². The second kappa shape index (κ2) is 8.89. The predicted molar refractivity (Wildman–Crippen MR) is 96.9 cm³/mol. The molecule has 0 bridgehead atoms. The number of amides is 3. The smallest absolute Gasteiger partial charge is 0.376 e. The summed E-state index contributed by atoms with van der Waals surface area (Å²) >= 11 is 0. The van der Waals surface area contributed by atoms with E-state index in [1.54, 1.807) is 11.4 Å². The molecule has 148 valence electrons. The summed E-state index contributed by atoms with van der Waals surface area (Å²) in [4.78, 5) is 35.0. The van der Waals surface area contributed by atoms with Crippen LogP contribution in [0.25, 0.3) is 0 Å². The molecule has 2 rings (SSSR count). The van der Waals surface area contributed by atoms with Gasteiger partial charge in [-0.25, -0.2) is 0 Å². The Morgan fingerprint density at radius 3 is 2.21 bits per heavy atom. The summed E-state index contributed by atoms with van der Waals surface area (Å²) in [7, 11) is 0. The standard InChI is InChI=1S/C18H17F3N4O3/c19-18(20,21)10-24-17(28)13-3-1-2-4-14(13)23-9-15(26)25-12-7-5-11(6-8-12)16(22)27/h1-8,23H,9-10H2,(H2,22,27)(H,24,28)(H,25,26). The zero-order valence-corrected chi connectivity index (χ0v) is 14.5. The Labute approximate surface area is 158 Å². The highest BCUT2D eigenvalue weighted by Crippen LogP contribution is 2.17. The summed E-state index contributed by atoms with van der Waals surface area (Å²) in [5.74, 6) is -1.97. The van der Waals surface area contributed by atoms with Gasteiger partial charge in [-0.1, -0.05) is 12.1 Å². The SMILES string of the molecule is NC(=O)c1ccc(NC(=O)CNc2ccccc2C(=O)NCC(F)(F)F)cc1. The van der Waals surface area contributed by atoms with Gasteiger partial charge in [0, 0.05) is 16.9 Å². The maximum absolute atomic E-state index is 12.3. The molecule has 0 radical (unpaired) electrons. The second-order valence-electron chi connectivity index (χ2n) is 5.69. The highest BCUT2D eigenvalue weighted by Gasteiger charge is 2.28. The van der Waals surface area contributed by atoms with Crippen LogP contribution >= 0.6 is 0 Å². The molecule has 0 atom stereocenters. The van der Waals surface area contributed by atoms with Crippen LogP contribution in [0.1, 0.15) is 20.7 Å². The molecule has 0 heterocycles. The minimum Gasteiger partial charge on any atom is -0.376 e. The molecule has 3 amide bonds. The molecule has 28 heavy (non-hydrogen) atoms. The Morgan fingerprint density at radius 1 is 0.964 bits per heavy atom. The normalized spacial score (nSPS) is 10.8. The third-order valence-electron chi connectivity index (χ3n) is 3.51. The molecule has 0 fully saturated rings. The van der Waals surface area contributed by atoms with Gasteiger partial charge in [0.1, 0.15) is 6.54 Å². The van der Waals surface area contributed by atoms with Gasteiger partial charge in [-0.05, 0) is 36.4 Å². The first-order valence-electron chi connectivity index (χ1n) is 8.03. The van der Waals surface area contributed by atoms with E-state index in [1.807, 2.05) is 0 Å². The van der Waals surface area contributed by atoms with Crippen LogP contribution in [-0.4, -0.2) is 37.0 Å². The van der Waals surface area contributed by atoms with Crippen LogP contribution in [0.4, 0.5) is 24.5 Å². The largest absolute Gasteiger partial charge is 0.405 e. The molecule has 2 aromatic rings. The molecule has 0 aliphatic heterocycles. The third-order valence-corrected chi connectivity index (χ3v) is 3.51. The van der Waals surface area contributed by atoms with Crippen molar-refractivity contribution < 1.29 is 27.6 Å². The van der Waals surface area contributed by atoms with Gasteiger partial charge >= 0.3 is 6.18 Å². The number of hydrogen-bond acceptors (Lipinski definition) is 4. The molecule has 0 saturated heterocycles. The molecule has 0 aromatic heterocycles. The van der Waals surface area contributed by atoms with E-state index in [1.165, 1.54) is 42.5 Å². The number of primary amides is 1. The third kappa shape index (κ3) is 6.31. The Hall–Kier alpha value is -3.56. The maximum Gasteiger partial charge on any atom is 0.405 e. The summed E-state index contributed by atoms with van der Waals surface area (Å²) in [6.07, 6.45) is -4.53. The molecule has 10 heteroatoms. The minimum absolute atomic E-state index is 0.0228. The van der Waals surface area contributed by atoms with Crippen LogP contribution in [0.15, 0.2) is 48.5 Å². The van der Waals surface area contributed by atoms with Crippen LogP contribution in [-0.2, 0) is 4.79 Å². The lowest BCUT2D eigenvalue weighted by Crippen LogP contribution is -2.34. The van der Waals surface area contributed by atoms with Gasteiger partial charge < -0.3 is 21.7 Å².